The first kappa shape index (κ1) is 20.0. The fourth-order valence-corrected chi connectivity index (χ4v) is 3.30. The van der Waals surface area contributed by atoms with Gasteiger partial charge in [-0.2, -0.15) is 0 Å². The summed E-state index contributed by atoms with van der Waals surface area (Å²) < 4.78 is 7.58. The number of fused-ring (bicyclic) bond motifs is 1. The Morgan fingerprint density at radius 3 is 2.75 bits per heavy atom. The first-order valence-corrected chi connectivity index (χ1v) is 9.61. The summed E-state index contributed by atoms with van der Waals surface area (Å²) in [6.45, 7) is 0.568. The van der Waals surface area contributed by atoms with E-state index in [2.05, 4.69) is 31.5 Å². The molecule has 0 aliphatic rings. The second-order valence-corrected chi connectivity index (χ2v) is 7.11. The first-order valence-electron chi connectivity index (χ1n) is 8.82. The minimum absolute atomic E-state index is 0.0193. The van der Waals surface area contributed by atoms with Gasteiger partial charge in [-0.05, 0) is 30.3 Å². The number of aromatic nitrogens is 2. The highest BCUT2D eigenvalue weighted by Crippen LogP contribution is 2.18. The van der Waals surface area contributed by atoms with Gasteiger partial charge < -0.3 is 19.9 Å². The molecule has 28 heavy (non-hydrogen) atoms. The van der Waals surface area contributed by atoms with Crippen molar-refractivity contribution in [3.63, 3.8) is 0 Å². The number of hydrogen-bond donors (Lipinski definition) is 2. The number of amides is 2. The van der Waals surface area contributed by atoms with Crippen molar-refractivity contribution in [3.8, 4) is 0 Å². The lowest BCUT2D eigenvalue weighted by Crippen LogP contribution is -2.30. The number of nitrogens with one attached hydrogen (secondary N) is 2. The molecule has 2 amide bonds. The van der Waals surface area contributed by atoms with Crippen molar-refractivity contribution in [3.05, 3.63) is 58.8 Å². The van der Waals surface area contributed by atoms with Gasteiger partial charge in [0.05, 0.1) is 11.0 Å². The standard InChI is InChI=1S/C20H21BrN4O3/c1-28-13-20(27)22-10-9-18-24-16-7-2-3-8-17(16)25(18)12-19(26)23-15-6-4-5-14(21)11-15/h2-8,11H,9-10,12-13H2,1H3,(H,22,27)(H,23,26). The summed E-state index contributed by atoms with van der Waals surface area (Å²) in [7, 11) is 1.48. The van der Waals surface area contributed by atoms with Crippen LogP contribution in [0.1, 0.15) is 5.82 Å². The van der Waals surface area contributed by atoms with Crippen LogP contribution >= 0.6 is 15.9 Å². The van der Waals surface area contributed by atoms with Gasteiger partial charge in [0.25, 0.3) is 0 Å². The van der Waals surface area contributed by atoms with E-state index < -0.39 is 0 Å². The third-order valence-corrected chi connectivity index (χ3v) is 4.58. The Hall–Kier alpha value is -2.71. The number of benzene rings is 2. The van der Waals surface area contributed by atoms with Crippen LogP contribution in [0, 0.1) is 0 Å². The topological polar surface area (TPSA) is 85.2 Å². The normalized spacial score (nSPS) is 10.8. The molecule has 3 aromatic rings. The van der Waals surface area contributed by atoms with E-state index in [-0.39, 0.29) is 25.0 Å². The summed E-state index contributed by atoms with van der Waals surface area (Å²) in [5.74, 6) is 0.409. The Kier molecular flexibility index (Phi) is 6.78. The Labute approximate surface area is 171 Å². The van der Waals surface area contributed by atoms with Crippen molar-refractivity contribution in [1.82, 2.24) is 14.9 Å². The van der Waals surface area contributed by atoms with E-state index in [4.69, 9.17) is 4.74 Å². The average Bonchev–Trinajstić information content (AvgIpc) is 2.99. The Balaban J connectivity index is 1.74. The van der Waals surface area contributed by atoms with Gasteiger partial charge in [0, 0.05) is 30.2 Å². The molecular weight excluding hydrogens is 424 g/mol. The molecule has 0 spiro atoms. The number of carbonyl (C=O) groups is 2. The van der Waals surface area contributed by atoms with Gasteiger partial charge >= 0.3 is 0 Å². The molecule has 0 atom stereocenters. The predicted octanol–water partition coefficient (Wildman–Crippen LogP) is 2.74. The molecule has 2 aromatic carbocycles. The minimum atomic E-state index is -0.183. The number of rotatable bonds is 8. The number of carbonyl (C=O) groups excluding carboxylic acids is 2. The van der Waals surface area contributed by atoms with E-state index in [9.17, 15) is 9.59 Å². The maximum atomic E-state index is 12.6. The zero-order chi connectivity index (χ0) is 19.9. The fraction of sp³-hybridized carbons (Fsp3) is 0.250. The van der Waals surface area contributed by atoms with Gasteiger partial charge in [-0.25, -0.2) is 4.98 Å². The lowest BCUT2D eigenvalue weighted by Gasteiger charge is -2.11. The number of ether oxygens (including phenoxy) is 1. The van der Waals surface area contributed by atoms with Crippen LogP contribution in [0.25, 0.3) is 11.0 Å². The molecule has 2 N–H and O–H groups in total. The van der Waals surface area contributed by atoms with Crippen LogP contribution in [-0.4, -0.2) is 41.6 Å². The van der Waals surface area contributed by atoms with E-state index in [0.29, 0.717) is 13.0 Å². The number of nitrogens with zero attached hydrogens (tertiary/aromatic N) is 2. The lowest BCUT2D eigenvalue weighted by molar-refractivity contribution is -0.124. The van der Waals surface area contributed by atoms with Crippen molar-refractivity contribution < 1.29 is 14.3 Å². The third-order valence-electron chi connectivity index (χ3n) is 4.09. The Morgan fingerprint density at radius 2 is 1.96 bits per heavy atom. The summed E-state index contributed by atoms with van der Waals surface area (Å²) in [6, 6.07) is 15.1. The second kappa shape index (κ2) is 9.48. The van der Waals surface area contributed by atoms with Gasteiger partial charge in [0.15, 0.2) is 0 Å². The smallest absolute Gasteiger partial charge is 0.245 e. The van der Waals surface area contributed by atoms with Crippen molar-refractivity contribution in [2.45, 2.75) is 13.0 Å². The minimum Gasteiger partial charge on any atom is -0.375 e. The monoisotopic (exact) mass is 444 g/mol. The van der Waals surface area contributed by atoms with E-state index >= 15 is 0 Å². The van der Waals surface area contributed by atoms with E-state index in [1.807, 2.05) is 53.1 Å². The van der Waals surface area contributed by atoms with E-state index in [0.717, 1.165) is 27.0 Å². The molecule has 0 saturated heterocycles. The molecule has 0 radical (unpaired) electrons. The number of halogens is 1. The molecule has 3 rings (SSSR count). The predicted molar refractivity (Wildman–Crippen MR) is 111 cm³/mol. The maximum absolute atomic E-state index is 12.6. The molecule has 1 aromatic heterocycles. The second-order valence-electron chi connectivity index (χ2n) is 6.19. The number of methoxy groups -OCH3 is 1. The van der Waals surface area contributed by atoms with E-state index in [1.54, 1.807) is 0 Å². The highest BCUT2D eigenvalue weighted by Gasteiger charge is 2.14. The number of anilines is 1. The molecule has 0 aliphatic carbocycles. The number of para-hydroxylation sites is 2. The average molecular weight is 445 g/mol. The molecule has 1 heterocycles. The summed E-state index contributed by atoms with van der Waals surface area (Å²) in [4.78, 5) is 28.8. The third kappa shape index (κ3) is 5.17. The summed E-state index contributed by atoms with van der Waals surface area (Å²) in [6.07, 6.45) is 0.508. The number of hydrogen-bond acceptors (Lipinski definition) is 4. The zero-order valence-corrected chi connectivity index (χ0v) is 17.0. The highest BCUT2D eigenvalue weighted by atomic mass is 79.9. The molecule has 0 fully saturated rings. The van der Waals surface area contributed by atoms with Gasteiger partial charge in [-0.1, -0.05) is 34.1 Å². The summed E-state index contributed by atoms with van der Waals surface area (Å²) >= 11 is 3.40. The molecule has 146 valence electrons. The van der Waals surface area contributed by atoms with E-state index in [1.165, 1.54) is 7.11 Å². The van der Waals surface area contributed by atoms with Crippen LogP contribution in [0.15, 0.2) is 53.0 Å². The molecule has 7 nitrogen and oxygen atoms in total. The van der Waals surface area contributed by atoms with Crippen molar-refractivity contribution in [1.29, 1.82) is 0 Å². The zero-order valence-electron chi connectivity index (χ0n) is 15.4. The molecule has 0 bridgehead atoms. The van der Waals surface area contributed by atoms with Gasteiger partial charge in [0.1, 0.15) is 19.0 Å². The van der Waals surface area contributed by atoms with Crippen molar-refractivity contribution in [2.75, 3.05) is 25.6 Å². The molecular formula is C20H21BrN4O3. The molecule has 0 unspecified atom stereocenters. The van der Waals surface area contributed by atoms with Crippen LogP contribution in [0.3, 0.4) is 0 Å². The molecule has 8 heteroatoms. The summed E-state index contributed by atoms with van der Waals surface area (Å²) in [5.41, 5.74) is 2.42. The number of imidazole rings is 1. The lowest BCUT2D eigenvalue weighted by atomic mass is 10.3. The van der Waals surface area contributed by atoms with Gasteiger partial charge in [-0.15, -0.1) is 0 Å². The van der Waals surface area contributed by atoms with Crippen molar-refractivity contribution in [2.24, 2.45) is 0 Å². The van der Waals surface area contributed by atoms with Crippen LogP contribution in [0.5, 0.6) is 0 Å². The molecule has 0 aliphatic heterocycles. The fourth-order valence-electron chi connectivity index (χ4n) is 2.90. The summed E-state index contributed by atoms with van der Waals surface area (Å²) in [5, 5.41) is 5.68. The van der Waals surface area contributed by atoms with Crippen LogP contribution in [0.4, 0.5) is 5.69 Å². The Bertz CT molecular complexity index is 986. The molecule has 0 saturated carbocycles. The SMILES string of the molecule is COCC(=O)NCCc1nc2ccccc2n1CC(=O)Nc1cccc(Br)c1. The van der Waals surface area contributed by atoms with Crippen molar-refractivity contribution >= 4 is 44.5 Å². The quantitative estimate of drug-likeness (QED) is 0.559. The first-order chi connectivity index (χ1) is 13.6. The van der Waals surface area contributed by atoms with Gasteiger partial charge in [0.2, 0.25) is 11.8 Å². The van der Waals surface area contributed by atoms with Crippen LogP contribution in [0.2, 0.25) is 0 Å². The van der Waals surface area contributed by atoms with Gasteiger partial charge in [-0.3, -0.25) is 9.59 Å². The Morgan fingerprint density at radius 1 is 1.14 bits per heavy atom. The largest absolute Gasteiger partial charge is 0.375 e. The highest BCUT2D eigenvalue weighted by molar-refractivity contribution is 9.10. The van der Waals surface area contributed by atoms with Crippen LogP contribution < -0.4 is 10.6 Å². The van der Waals surface area contributed by atoms with Crippen LogP contribution in [-0.2, 0) is 27.3 Å². The maximum Gasteiger partial charge on any atom is 0.245 e.